The monoisotopic (exact) mass is 441 g/mol. The number of carbonyl (C=O) groups is 2. The van der Waals surface area contributed by atoms with E-state index >= 15 is 0 Å². The van der Waals surface area contributed by atoms with Gasteiger partial charge in [-0.25, -0.2) is 4.98 Å². The van der Waals surface area contributed by atoms with Gasteiger partial charge in [0.05, 0.1) is 16.4 Å². The van der Waals surface area contributed by atoms with Gasteiger partial charge in [0.25, 0.3) is 5.91 Å². The molecule has 2 heterocycles. The van der Waals surface area contributed by atoms with Crippen molar-refractivity contribution in [2.75, 3.05) is 16.8 Å². The Labute approximate surface area is 183 Å². The Morgan fingerprint density at radius 2 is 2.10 bits per heavy atom. The third kappa shape index (κ3) is 3.78. The third-order valence-electron chi connectivity index (χ3n) is 5.05. The van der Waals surface area contributed by atoms with E-state index in [1.165, 1.54) is 4.90 Å². The number of anilines is 2. The van der Waals surface area contributed by atoms with Gasteiger partial charge in [-0.2, -0.15) is 0 Å². The van der Waals surface area contributed by atoms with Gasteiger partial charge in [0.15, 0.2) is 6.61 Å². The van der Waals surface area contributed by atoms with Crippen LogP contribution in [0.2, 0.25) is 5.02 Å². The normalized spacial score (nSPS) is 14.1. The molecule has 30 heavy (non-hydrogen) atoms. The number of nitrogens with one attached hydrogen (secondary N) is 1. The molecule has 0 spiro atoms. The first-order valence-corrected chi connectivity index (χ1v) is 10.7. The van der Waals surface area contributed by atoms with Crippen LogP contribution < -0.4 is 15.0 Å². The molecule has 3 aromatic rings. The number of ether oxygens (including phenoxy) is 1. The lowest BCUT2D eigenvalue weighted by molar-refractivity contribution is -0.125. The third-order valence-corrected chi connectivity index (χ3v) is 6.23. The largest absolute Gasteiger partial charge is 0.482 e. The molecule has 1 N–H and O–H groups in total. The number of thiazole rings is 1. The van der Waals surface area contributed by atoms with Crippen molar-refractivity contribution >= 4 is 46.1 Å². The molecule has 1 aliphatic rings. The predicted octanol–water partition coefficient (Wildman–Crippen LogP) is 4.83. The van der Waals surface area contributed by atoms with Gasteiger partial charge < -0.3 is 10.1 Å². The van der Waals surface area contributed by atoms with E-state index in [0.717, 1.165) is 21.8 Å². The number of benzene rings is 2. The van der Waals surface area contributed by atoms with Gasteiger partial charge in [-0.1, -0.05) is 17.7 Å². The van der Waals surface area contributed by atoms with Crippen LogP contribution in [0.15, 0.2) is 41.8 Å². The summed E-state index contributed by atoms with van der Waals surface area (Å²) in [5, 5.41) is 6.36. The molecule has 1 aliphatic heterocycles. The van der Waals surface area contributed by atoms with Gasteiger partial charge in [0.1, 0.15) is 11.8 Å². The lowest BCUT2D eigenvalue weighted by Crippen LogP contribution is -2.49. The molecule has 2 aromatic carbocycles. The Balaban J connectivity index is 1.66. The second-order valence-electron chi connectivity index (χ2n) is 7.06. The van der Waals surface area contributed by atoms with Crippen LogP contribution >= 0.6 is 22.9 Å². The number of rotatable bonds is 4. The number of fused-ring (bicyclic) bond motifs is 1. The first kappa shape index (κ1) is 20.4. The lowest BCUT2D eigenvalue weighted by Gasteiger charge is -2.33. The van der Waals surface area contributed by atoms with Crippen LogP contribution in [-0.2, 0) is 9.59 Å². The molecular weight excluding hydrogens is 422 g/mol. The molecule has 1 aromatic heterocycles. The fraction of sp³-hybridized carbons (Fsp3) is 0.227. The van der Waals surface area contributed by atoms with Crippen molar-refractivity contribution in [1.29, 1.82) is 0 Å². The van der Waals surface area contributed by atoms with E-state index in [1.54, 1.807) is 36.5 Å². The van der Waals surface area contributed by atoms with E-state index in [2.05, 4.69) is 10.3 Å². The van der Waals surface area contributed by atoms with Gasteiger partial charge >= 0.3 is 0 Å². The zero-order chi connectivity index (χ0) is 21.4. The first-order valence-electron chi connectivity index (χ1n) is 9.42. The highest BCUT2D eigenvalue weighted by Gasteiger charge is 2.33. The summed E-state index contributed by atoms with van der Waals surface area (Å²) in [4.78, 5) is 31.7. The Hall–Kier alpha value is -2.90. The highest BCUT2D eigenvalue weighted by atomic mass is 35.5. The Kier molecular flexibility index (Phi) is 5.49. The summed E-state index contributed by atoms with van der Waals surface area (Å²) in [7, 11) is 0. The molecule has 0 aliphatic carbocycles. The van der Waals surface area contributed by atoms with E-state index in [1.807, 2.05) is 37.4 Å². The summed E-state index contributed by atoms with van der Waals surface area (Å²) in [6.45, 7) is 5.35. The molecule has 0 radical (unpaired) electrons. The minimum atomic E-state index is -0.744. The number of hydrogen-bond donors (Lipinski definition) is 1. The summed E-state index contributed by atoms with van der Waals surface area (Å²) in [5.74, 6) is -0.0278. The van der Waals surface area contributed by atoms with Crippen molar-refractivity contribution < 1.29 is 14.3 Å². The maximum Gasteiger partial charge on any atom is 0.265 e. The molecule has 1 unspecified atom stereocenters. The molecular formula is C22H20ClN3O3S. The van der Waals surface area contributed by atoms with Crippen molar-refractivity contribution in [2.45, 2.75) is 26.8 Å². The van der Waals surface area contributed by atoms with Crippen molar-refractivity contribution in [3.63, 3.8) is 0 Å². The summed E-state index contributed by atoms with van der Waals surface area (Å²) < 4.78 is 5.59. The van der Waals surface area contributed by atoms with Crippen LogP contribution in [-0.4, -0.2) is 29.4 Å². The van der Waals surface area contributed by atoms with Crippen molar-refractivity contribution in [3.8, 4) is 17.0 Å². The maximum absolute atomic E-state index is 13.0. The fourth-order valence-corrected chi connectivity index (χ4v) is 4.14. The predicted molar refractivity (Wildman–Crippen MR) is 120 cm³/mol. The molecule has 6 nitrogen and oxygen atoms in total. The second kappa shape index (κ2) is 8.08. The highest BCUT2D eigenvalue weighted by molar-refractivity contribution is 7.09. The molecule has 1 atom stereocenters. The molecule has 8 heteroatoms. The van der Waals surface area contributed by atoms with Crippen molar-refractivity contribution in [2.24, 2.45) is 0 Å². The number of aromatic nitrogens is 1. The van der Waals surface area contributed by atoms with Gasteiger partial charge in [0.2, 0.25) is 5.91 Å². The quantitative estimate of drug-likeness (QED) is 0.629. The number of nitrogens with zero attached hydrogens (tertiary/aromatic N) is 2. The van der Waals surface area contributed by atoms with Gasteiger partial charge in [-0.3, -0.25) is 14.5 Å². The number of aryl methyl sites for hydroxylation is 1. The summed E-state index contributed by atoms with van der Waals surface area (Å²) in [5.41, 5.74) is 3.63. The fourth-order valence-electron chi connectivity index (χ4n) is 3.35. The summed E-state index contributed by atoms with van der Waals surface area (Å²) >= 11 is 7.71. The smallest absolute Gasteiger partial charge is 0.265 e. The van der Waals surface area contributed by atoms with E-state index in [-0.39, 0.29) is 18.4 Å². The Morgan fingerprint density at radius 1 is 1.30 bits per heavy atom. The van der Waals surface area contributed by atoms with Crippen LogP contribution in [0.25, 0.3) is 11.3 Å². The average molecular weight is 442 g/mol. The zero-order valence-corrected chi connectivity index (χ0v) is 18.3. The van der Waals surface area contributed by atoms with E-state index in [4.69, 9.17) is 16.3 Å². The molecule has 0 fully saturated rings. The molecule has 0 saturated carbocycles. The Morgan fingerprint density at radius 3 is 2.83 bits per heavy atom. The molecule has 154 valence electrons. The van der Waals surface area contributed by atoms with Crippen LogP contribution in [0.3, 0.4) is 0 Å². The molecule has 2 amide bonds. The zero-order valence-electron chi connectivity index (χ0n) is 16.7. The van der Waals surface area contributed by atoms with Gasteiger partial charge in [0, 0.05) is 21.7 Å². The minimum absolute atomic E-state index is 0.115. The lowest BCUT2D eigenvalue weighted by atomic mass is 10.1. The topological polar surface area (TPSA) is 71.5 Å². The van der Waals surface area contributed by atoms with Crippen LogP contribution in [0.4, 0.5) is 11.4 Å². The van der Waals surface area contributed by atoms with Crippen LogP contribution in [0.5, 0.6) is 5.75 Å². The summed E-state index contributed by atoms with van der Waals surface area (Å²) in [6.07, 6.45) is 0. The maximum atomic E-state index is 13.0. The van der Waals surface area contributed by atoms with Gasteiger partial charge in [-0.05, 0) is 56.7 Å². The first-order chi connectivity index (χ1) is 14.3. The number of carbonyl (C=O) groups excluding carboxylic acids is 2. The summed E-state index contributed by atoms with van der Waals surface area (Å²) in [6, 6.07) is 10.1. The standard InChI is InChI=1S/C22H20ClN3O3S/c1-12-16(23)5-4-6-17(12)25-22(28)13(2)26-19-9-15(18-11-30-14(3)24-18)7-8-20(19)29-10-21(26)27/h4-9,11,13H,10H2,1-3H3,(H,25,28). The number of amides is 2. The van der Waals surface area contributed by atoms with E-state index < -0.39 is 6.04 Å². The molecule has 0 bridgehead atoms. The van der Waals surface area contributed by atoms with E-state index in [0.29, 0.717) is 22.1 Å². The molecule has 0 saturated heterocycles. The van der Waals surface area contributed by atoms with Crippen LogP contribution in [0, 0.1) is 13.8 Å². The highest BCUT2D eigenvalue weighted by Crippen LogP contribution is 2.37. The Bertz CT molecular complexity index is 1140. The van der Waals surface area contributed by atoms with Gasteiger partial charge in [-0.15, -0.1) is 11.3 Å². The minimum Gasteiger partial charge on any atom is -0.482 e. The number of hydrogen-bond acceptors (Lipinski definition) is 5. The molecule has 4 rings (SSSR count). The average Bonchev–Trinajstić information content (AvgIpc) is 3.16. The van der Waals surface area contributed by atoms with Crippen molar-refractivity contribution in [3.05, 3.63) is 57.4 Å². The van der Waals surface area contributed by atoms with Crippen LogP contribution in [0.1, 0.15) is 17.5 Å². The van der Waals surface area contributed by atoms with Crippen molar-refractivity contribution in [1.82, 2.24) is 4.98 Å². The second-order valence-corrected chi connectivity index (χ2v) is 8.53. The SMILES string of the molecule is Cc1nc(-c2ccc3c(c2)N(C(C)C(=O)Nc2cccc(Cl)c2C)C(=O)CO3)cs1. The van der Waals surface area contributed by atoms with E-state index in [9.17, 15) is 9.59 Å². The number of halogens is 1.